The number of halogens is 2. The molecule has 2 aromatic rings. The standard InChI is InChI=1S/C12H10ClFN2O3/c1-5-7(14)3-6(13)11(19-2)10(5)8-4-9(12(17)18)16-15-8/h3-4H,1-2H3,(H,15,16)(H,17,18). The summed E-state index contributed by atoms with van der Waals surface area (Å²) in [5.74, 6) is -1.41. The Morgan fingerprint density at radius 2 is 2.21 bits per heavy atom. The Kier molecular flexibility index (Phi) is 3.44. The number of aromatic carboxylic acids is 1. The Labute approximate surface area is 113 Å². The van der Waals surface area contributed by atoms with Gasteiger partial charge in [-0.15, -0.1) is 0 Å². The highest BCUT2D eigenvalue weighted by Gasteiger charge is 2.20. The summed E-state index contributed by atoms with van der Waals surface area (Å²) in [6, 6.07) is 2.44. The van der Waals surface area contributed by atoms with Crippen LogP contribution in [-0.2, 0) is 0 Å². The molecular weight excluding hydrogens is 275 g/mol. The van der Waals surface area contributed by atoms with Crippen LogP contribution in [0, 0.1) is 12.7 Å². The minimum absolute atomic E-state index is 0.0977. The predicted molar refractivity (Wildman–Crippen MR) is 67.2 cm³/mol. The van der Waals surface area contributed by atoms with Gasteiger partial charge in [0.15, 0.2) is 0 Å². The van der Waals surface area contributed by atoms with Crippen LogP contribution in [0.25, 0.3) is 11.3 Å². The summed E-state index contributed by atoms with van der Waals surface area (Å²) in [4.78, 5) is 10.8. The van der Waals surface area contributed by atoms with Crippen molar-refractivity contribution in [1.82, 2.24) is 10.2 Å². The van der Waals surface area contributed by atoms with E-state index >= 15 is 0 Å². The average molecular weight is 285 g/mol. The zero-order valence-corrected chi connectivity index (χ0v) is 10.9. The third kappa shape index (κ3) is 2.26. The molecule has 0 aliphatic rings. The van der Waals surface area contributed by atoms with Gasteiger partial charge in [-0.3, -0.25) is 5.10 Å². The highest BCUT2D eigenvalue weighted by atomic mass is 35.5. The third-order valence-electron chi connectivity index (χ3n) is 2.70. The van der Waals surface area contributed by atoms with Gasteiger partial charge in [-0.1, -0.05) is 11.6 Å². The van der Waals surface area contributed by atoms with Crippen LogP contribution in [0.5, 0.6) is 5.75 Å². The van der Waals surface area contributed by atoms with E-state index in [4.69, 9.17) is 21.4 Å². The van der Waals surface area contributed by atoms with Gasteiger partial charge in [0.25, 0.3) is 0 Å². The summed E-state index contributed by atoms with van der Waals surface area (Å²) < 4.78 is 18.8. The molecule has 7 heteroatoms. The lowest BCUT2D eigenvalue weighted by Crippen LogP contribution is -1.96. The molecule has 1 aromatic carbocycles. The molecule has 5 nitrogen and oxygen atoms in total. The van der Waals surface area contributed by atoms with Crippen LogP contribution in [0.1, 0.15) is 16.1 Å². The largest absolute Gasteiger partial charge is 0.494 e. The molecule has 0 spiro atoms. The normalized spacial score (nSPS) is 10.5. The van der Waals surface area contributed by atoms with Gasteiger partial charge in [0.1, 0.15) is 17.3 Å². The molecule has 1 aromatic heterocycles. The van der Waals surface area contributed by atoms with Gasteiger partial charge in [-0.05, 0) is 24.6 Å². The molecule has 2 rings (SSSR count). The van der Waals surface area contributed by atoms with E-state index in [0.717, 1.165) is 6.07 Å². The SMILES string of the molecule is COc1c(Cl)cc(F)c(C)c1-c1cc(C(=O)O)[nH]n1. The van der Waals surface area contributed by atoms with Crippen molar-refractivity contribution in [3.63, 3.8) is 0 Å². The van der Waals surface area contributed by atoms with Crippen molar-refractivity contribution in [3.8, 4) is 17.0 Å². The third-order valence-corrected chi connectivity index (χ3v) is 2.98. The fraction of sp³-hybridized carbons (Fsp3) is 0.167. The molecule has 0 unspecified atom stereocenters. The Morgan fingerprint density at radius 3 is 2.74 bits per heavy atom. The molecular formula is C12H10ClFN2O3. The summed E-state index contributed by atoms with van der Waals surface area (Å²) in [5.41, 5.74) is 0.769. The zero-order valence-electron chi connectivity index (χ0n) is 10.1. The predicted octanol–water partition coefficient (Wildman–Crippen LogP) is 2.88. The van der Waals surface area contributed by atoms with Gasteiger partial charge in [-0.2, -0.15) is 5.10 Å². The van der Waals surface area contributed by atoms with E-state index in [0.29, 0.717) is 5.56 Å². The van der Waals surface area contributed by atoms with Gasteiger partial charge in [0.05, 0.1) is 23.4 Å². The lowest BCUT2D eigenvalue weighted by atomic mass is 10.0. The molecule has 0 atom stereocenters. The summed E-state index contributed by atoms with van der Waals surface area (Å²) in [5, 5.41) is 15.1. The highest BCUT2D eigenvalue weighted by molar-refractivity contribution is 6.32. The zero-order chi connectivity index (χ0) is 14.2. The Hall–Kier alpha value is -2.08. The number of nitrogens with zero attached hydrogens (tertiary/aromatic N) is 1. The lowest BCUT2D eigenvalue weighted by molar-refractivity contribution is 0.0690. The number of carbonyl (C=O) groups is 1. The fourth-order valence-electron chi connectivity index (χ4n) is 1.76. The molecule has 0 amide bonds. The van der Waals surface area contributed by atoms with Crippen molar-refractivity contribution in [2.75, 3.05) is 7.11 Å². The van der Waals surface area contributed by atoms with Gasteiger partial charge < -0.3 is 9.84 Å². The molecule has 0 aliphatic heterocycles. The van der Waals surface area contributed by atoms with Crippen LogP contribution < -0.4 is 4.74 Å². The number of hydrogen-bond donors (Lipinski definition) is 2. The maximum Gasteiger partial charge on any atom is 0.353 e. The summed E-state index contributed by atoms with van der Waals surface area (Å²) in [7, 11) is 1.40. The number of nitrogens with one attached hydrogen (secondary N) is 1. The average Bonchev–Trinajstić information content (AvgIpc) is 2.82. The van der Waals surface area contributed by atoms with E-state index in [-0.39, 0.29) is 27.7 Å². The molecule has 2 N–H and O–H groups in total. The molecule has 100 valence electrons. The second-order valence-electron chi connectivity index (χ2n) is 3.85. The number of carboxylic acids is 1. The number of carboxylic acid groups (broad SMARTS) is 1. The van der Waals surface area contributed by atoms with Crippen molar-refractivity contribution < 1.29 is 19.0 Å². The van der Waals surface area contributed by atoms with E-state index in [1.807, 2.05) is 0 Å². The molecule has 0 fully saturated rings. The number of aromatic nitrogens is 2. The first-order valence-electron chi connectivity index (χ1n) is 5.27. The molecule has 0 saturated heterocycles. The number of aromatic amines is 1. The van der Waals surface area contributed by atoms with Crippen molar-refractivity contribution in [1.29, 1.82) is 0 Å². The van der Waals surface area contributed by atoms with E-state index < -0.39 is 11.8 Å². The van der Waals surface area contributed by atoms with Gasteiger partial charge in [0, 0.05) is 0 Å². The van der Waals surface area contributed by atoms with Gasteiger partial charge >= 0.3 is 5.97 Å². The monoisotopic (exact) mass is 284 g/mol. The van der Waals surface area contributed by atoms with E-state index in [9.17, 15) is 9.18 Å². The van der Waals surface area contributed by atoms with Crippen LogP contribution in [0.2, 0.25) is 5.02 Å². The van der Waals surface area contributed by atoms with Crippen molar-refractivity contribution in [2.45, 2.75) is 6.92 Å². The summed E-state index contributed by atoms with van der Waals surface area (Å²) in [6.07, 6.45) is 0. The maximum absolute atomic E-state index is 13.7. The van der Waals surface area contributed by atoms with Crippen LogP contribution in [0.15, 0.2) is 12.1 Å². The number of rotatable bonds is 3. The first-order valence-corrected chi connectivity index (χ1v) is 5.65. The first kappa shape index (κ1) is 13.4. The number of ether oxygens (including phenoxy) is 1. The molecule has 0 radical (unpaired) electrons. The minimum atomic E-state index is -1.15. The molecule has 0 bridgehead atoms. The highest BCUT2D eigenvalue weighted by Crippen LogP contribution is 2.39. The molecule has 1 heterocycles. The number of methoxy groups -OCH3 is 1. The van der Waals surface area contributed by atoms with Crippen LogP contribution in [-0.4, -0.2) is 28.4 Å². The van der Waals surface area contributed by atoms with E-state index in [2.05, 4.69) is 10.2 Å². The number of benzene rings is 1. The Bertz CT molecular complexity index is 655. The van der Waals surface area contributed by atoms with Crippen molar-refractivity contribution >= 4 is 17.6 Å². The Balaban J connectivity index is 2.69. The topological polar surface area (TPSA) is 75.2 Å². The summed E-state index contributed by atoms with van der Waals surface area (Å²) in [6.45, 7) is 1.54. The molecule has 0 saturated carbocycles. The molecule has 19 heavy (non-hydrogen) atoms. The second kappa shape index (κ2) is 4.89. The van der Waals surface area contributed by atoms with Gasteiger partial charge in [0.2, 0.25) is 0 Å². The van der Waals surface area contributed by atoms with Crippen LogP contribution in [0.4, 0.5) is 4.39 Å². The number of hydrogen-bond acceptors (Lipinski definition) is 3. The van der Waals surface area contributed by atoms with Gasteiger partial charge in [-0.25, -0.2) is 9.18 Å². The maximum atomic E-state index is 13.7. The smallest absolute Gasteiger partial charge is 0.353 e. The molecule has 0 aliphatic carbocycles. The Morgan fingerprint density at radius 1 is 1.53 bits per heavy atom. The summed E-state index contributed by atoms with van der Waals surface area (Å²) >= 11 is 5.91. The second-order valence-corrected chi connectivity index (χ2v) is 4.25. The first-order chi connectivity index (χ1) is 8.95. The fourth-order valence-corrected chi connectivity index (χ4v) is 2.03. The van der Waals surface area contributed by atoms with Crippen LogP contribution in [0.3, 0.4) is 0 Å². The van der Waals surface area contributed by atoms with Crippen molar-refractivity contribution in [3.05, 3.63) is 34.2 Å². The lowest BCUT2D eigenvalue weighted by Gasteiger charge is -2.12. The number of H-pyrrole nitrogens is 1. The van der Waals surface area contributed by atoms with Crippen LogP contribution >= 0.6 is 11.6 Å². The van der Waals surface area contributed by atoms with E-state index in [1.165, 1.54) is 13.2 Å². The van der Waals surface area contributed by atoms with Crippen molar-refractivity contribution in [2.24, 2.45) is 0 Å². The minimum Gasteiger partial charge on any atom is -0.494 e. The quantitative estimate of drug-likeness (QED) is 0.909. The van der Waals surface area contributed by atoms with E-state index in [1.54, 1.807) is 6.92 Å².